The summed E-state index contributed by atoms with van der Waals surface area (Å²) in [5.74, 6) is -0.140. The number of benzene rings is 2. The minimum Gasteiger partial charge on any atom is -0.486 e. The first-order chi connectivity index (χ1) is 12.5. The molecule has 0 aliphatic rings. The summed E-state index contributed by atoms with van der Waals surface area (Å²) in [6.45, 7) is 1.27. The molecule has 1 heterocycles. The fourth-order valence-electron chi connectivity index (χ4n) is 2.23. The van der Waals surface area contributed by atoms with Crippen LogP contribution >= 0.6 is 0 Å². The first kappa shape index (κ1) is 17.3. The molecule has 0 aliphatic heterocycles. The van der Waals surface area contributed by atoms with Gasteiger partial charge in [-0.25, -0.2) is 4.39 Å². The van der Waals surface area contributed by atoms with Crippen LogP contribution in [0, 0.1) is 5.82 Å². The topological polar surface area (TPSA) is 103 Å². The third kappa shape index (κ3) is 4.29. The van der Waals surface area contributed by atoms with Crippen LogP contribution in [0.5, 0.6) is 5.75 Å². The second-order valence-electron chi connectivity index (χ2n) is 5.41. The molecule has 0 unspecified atom stereocenters. The second kappa shape index (κ2) is 7.56. The van der Waals surface area contributed by atoms with Crippen LogP contribution in [0.4, 0.5) is 22.0 Å². The van der Waals surface area contributed by atoms with Gasteiger partial charge in [0.2, 0.25) is 11.9 Å². The van der Waals surface area contributed by atoms with E-state index in [4.69, 9.17) is 10.5 Å². The minimum absolute atomic E-state index is 0.0103. The maximum absolute atomic E-state index is 13.8. The standard InChI is InChI=1S/C18H16FN5O2/c1-11(25)14-8-7-13(9-15(14)19)26-10-16-22-17(20)24-18(23-16)21-12-5-3-2-4-6-12/h2-9H,10H2,1H3,(H3,20,21,22,23,24). The lowest BCUT2D eigenvalue weighted by Gasteiger charge is -2.09. The van der Waals surface area contributed by atoms with E-state index in [-0.39, 0.29) is 41.4 Å². The van der Waals surface area contributed by atoms with E-state index in [9.17, 15) is 9.18 Å². The Morgan fingerprint density at radius 3 is 2.62 bits per heavy atom. The Kier molecular flexibility index (Phi) is 5.02. The lowest BCUT2D eigenvalue weighted by Crippen LogP contribution is -2.09. The molecule has 0 saturated heterocycles. The van der Waals surface area contributed by atoms with Crippen molar-refractivity contribution in [3.63, 3.8) is 0 Å². The molecule has 3 rings (SSSR count). The van der Waals surface area contributed by atoms with Crippen LogP contribution in [0.3, 0.4) is 0 Å². The summed E-state index contributed by atoms with van der Waals surface area (Å²) in [7, 11) is 0. The number of rotatable bonds is 6. The van der Waals surface area contributed by atoms with Gasteiger partial charge in [0.1, 0.15) is 18.2 Å². The molecule has 26 heavy (non-hydrogen) atoms. The number of hydrogen-bond acceptors (Lipinski definition) is 7. The lowest BCUT2D eigenvalue weighted by atomic mass is 10.1. The van der Waals surface area contributed by atoms with Crippen molar-refractivity contribution in [3.8, 4) is 5.75 Å². The number of carbonyl (C=O) groups excluding carboxylic acids is 1. The number of nitrogens with zero attached hydrogens (tertiary/aromatic N) is 3. The van der Waals surface area contributed by atoms with Crippen LogP contribution in [0.1, 0.15) is 23.1 Å². The van der Waals surface area contributed by atoms with Gasteiger partial charge in [0.05, 0.1) is 5.56 Å². The molecule has 0 spiro atoms. The van der Waals surface area contributed by atoms with Gasteiger partial charge in [0.15, 0.2) is 11.6 Å². The zero-order valence-corrected chi connectivity index (χ0v) is 13.9. The Hall–Kier alpha value is -3.55. The molecule has 0 saturated carbocycles. The Morgan fingerprint density at radius 1 is 1.15 bits per heavy atom. The van der Waals surface area contributed by atoms with Gasteiger partial charge in [-0.2, -0.15) is 15.0 Å². The van der Waals surface area contributed by atoms with E-state index in [1.54, 1.807) is 0 Å². The van der Waals surface area contributed by atoms with Gasteiger partial charge in [-0.15, -0.1) is 0 Å². The van der Waals surface area contributed by atoms with Crippen molar-refractivity contribution in [3.05, 3.63) is 65.7 Å². The quantitative estimate of drug-likeness (QED) is 0.656. The maximum atomic E-state index is 13.8. The summed E-state index contributed by atoms with van der Waals surface area (Å²) in [6.07, 6.45) is 0. The summed E-state index contributed by atoms with van der Waals surface area (Å²) in [4.78, 5) is 23.5. The Balaban J connectivity index is 1.72. The average Bonchev–Trinajstić information content (AvgIpc) is 2.60. The molecule has 1 aromatic heterocycles. The van der Waals surface area contributed by atoms with Crippen LogP contribution in [-0.4, -0.2) is 20.7 Å². The van der Waals surface area contributed by atoms with Crippen molar-refractivity contribution in [2.24, 2.45) is 0 Å². The largest absolute Gasteiger partial charge is 0.486 e. The number of para-hydroxylation sites is 1. The molecule has 132 valence electrons. The molecule has 0 fully saturated rings. The van der Waals surface area contributed by atoms with Crippen molar-refractivity contribution in [1.82, 2.24) is 15.0 Å². The highest BCUT2D eigenvalue weighted by molar-refractivity contribution is 5.94. The molecule has 0 amide bonds. The van der Waals surface area contributed by atoms with E-state index >= 15 is 0 Å². The van der Waals surface area contributed by atoms with Crippen LogP contribution in [0.15, 0.2) is 48.5 Å². The van der Waals surface area contributed by atoms with E-state index in [0.29, 0.717) is 0 Å². The molecule has 0 bridgehead atoms. The number of ketones is 1. The third-order valence-electron chi connectivity index (χ3n) is 3.42. The molecule has 8 heteroatoms. The normalized spacial score (nSPS) is 10.4. The predicted molar refractivity (Wildman–Crippen MR) is 94.7 cm³/mol. The van der Waals surface area contributed by atoms with Crippen LogP contribution in [0.25, 0.3) is 0 Å². The lowest BCUT2D eigenvalue weighted by molar-refractivity contribution is 0.101. The van der Waals surface area contributed by atoms with Gasteiger partial charge in [0, 0.05) is 11.8 Å². The SMILES string of the molecule is CC(=O)c1ccc(OCc2nc(N)nc(Nc3ccccc3)n2)cc1F. The van der Waals surface area contributed by atoms with Crippen LogP contribution < -0.4 is 15.8 Å². The Morgan fingerprint density at radius 2 is 1.92 bits per heavy atom. The number of carbonyl (C=O) groups is 1. The molecule has 2 aromatic carbocycles. The molecule has 0 radical (unpaired) electrons. The van der Waals surface area contributed by atoms with Gasteiger partial charge in [-0.1, -0.05) is 18.2 Å². The number of anilines is 3. The number of nitrogens with two attached hydrogens (primary N) is 1. The molecule has 3 N–H and O–H groups in total. The van der Waals surface area contributed by atoms with Crippen LogP contribution in [-0.2, 0) is 6.61 Å². The Bertz CT molecular complexity index is 934. The number of nitrogen functional groups attached to an aromatic ring is 1. The van der Waals surface area contributed by atoms with Gasteiger partial charge < -0.3 is 15.8 Å². The van der Waals surface area contributed by atoms with Gasteiger partial charge in [-0.3, -0.25) is 4.79 Å². The van der Waals surface area contributed by atoms with Crippen molar-refractivity contribution < 1.29 is 13.9 Å². The maximum Gasteiger partial charge on any atom is 0.232 e. The number of ether oxygens (including phenoxy) is 1. The van der Waals surface area contributed by atoms with Gasteiger partial charge in [-0.05, 0) is 31.2 Å². The van der Waals surface area contributed by atoms with Crippen molar-refractivity contribution in [2.75, 3.05) is 11.1 Å². The monoisotopic (exact) mass is 353 g/mol. The minimum atomic E-state index is -0.642. The summed E-state index contributed by atoms with van der Waals surface area (Å²) >= 11 is 0. The molecule has 3 aromatic rings. The van der Waals surface area contributed by atoms with Crippen LogP contribution in [0.2, 0.25) is 0 Å². The second-order valence-corrected chi connectivity index (χ2v) is 5.41. The zero-order chi connectivity index (χ0) is 18.5. The highest BCUT2D eigenvalue weighted by Gasteiger charge is 2.10. The number of nitrogens with one attached hydrogen (secondary N) is 1. The predicted octanol–water partition coefficient (Wildman–Crippen LogP) is 3.12. The number of aromatic nitrogens is 3. The molecule has 0 atom stereocenters. The molecular weight excluding hydrogens is 337 g/mol. The highest BCUT2D eigenvalue weighted by Crippen LogP contribution is 2.18. The average molecular weight is 353 g/mol. The molecule has 7 nitrogen and oxygen atoms in total. The van der Waals surface area contributed by atoms with Crippen molar-refractivity contribution >= 4 is 23.4 Å². The molecular formula is C18H16FN5O2. The van der Waals surface area contributed by atoms with Gasteiger partial charge >= 0.3 is 0 Å². The number of halogens is 1. The van der Waals surface area contributed by atoms with E-state index in [2.05, 4.69) is 20.3 Å². The zero-order valence-electron chi connectivity index (χ0n) is 13.9. The Labute approximate surface area is 149 Å². The fourth-order valence-corrected chi connectivity index (χ4v) is 2.23. The summed E-state index contributed by atoms with van der Waals surface area (Å²) in [5, 5.41) is 3.02. The van der Waals surface area contributed by atoms with E-state index < -0.39 is 5.82 Å². The number of Topliss-reactive ketones (excluding diaryl/α,β-unsaturated/α-hetero) is 1. The van der Waals surface area contributed by atoms with Gasteiger partial charge in [0.25, 0.3) is 0 Å². The van der Waals surface area contributed by atoms with E-state index in [1.165, 1.54) is 19.1 Å². The van der Waals surface area contributed by atoms with E-state index in [0.717, 1.165) is 11.8 Å². The summed E-state index contributed by atoms with van der Waals surface area (Å²) < 4.78 is 19.3. The first-order valence-electron chi connectivity index (χ1n) is 7.77. The van der Waals surface area contributed by atoms with Crippen molar-refractivity contribution in [1.29, 1.82) is 0 Å². The fraction of sp³-hybridized carbons (Fsp3) is 0.111. The summed E-state index contributed by atoms with van der Waals surface area (Å²) in [5.41, 5.74) is 6.51. The highest BCUT2D eigenvalue weighted by atomic mass is 19.1. The first-order valence-corrected chi connectivity index (χ1v) is 7.77. The smallest absolute Gasteiger partial charge is 0.232 e. The van der Waals surface area contributed by atoms with E-state index in [1.807, 2.05) is 30.3 Å². The van der Waals surface area contributed by atoms with Crippen molar-refractivity contribution in [2.45, 2.75) is 13.5 Å². The molecule has 0 aliphatic carbocycles. The third-order valence-corrected chi connectivity index (χ3v) is 3.42. The number of hydrogen-bond donors (Lipinski definition) is 2. The summed E-state index contributed by atoms with van der Waals surface area (Å²) in [6, 6.07) is 13.4.